The number of furan rings is 1. The predicted molar refractivity (Wildman–Crippen MR) is 54.2 cm³/mol. The molecular formula is C11H17NO2. The first-order valence-electron chi connectivity index (χ1n) is 5.19. The highest BCUT2D eigenvalue weighted by Gasteiger charge is 2.29. The molecule has 3 heteroatoms. The summed E-state index contributed by atoms with van der Waals surface area (Å²) >= 11 is 0. The molecule has 1 N–H and O–H groups in total. The van der Waals surface area contributed by atoms with Crippen LogP contribution in [0.15, 0.2) is 16.7 Å². The summed E-state index contributed by atoms with van der Waals surface area (Å²) in [7, 11) is 1.76. The number of hydrogen-bond donors (Lipinski definition) is 1. The van der Waals surface area contributed by atoms with Crippen molar-refractivity contribution in [3.05, 3.63) is 23.7 Å². The monoisotopic (exact) mass is 195 g/mol. The summed E-state index contributed by atoms with van der Waals surface area (Å²) < 4.78 is 11.0. The second-order valence-electron chi connectivity index (χ2n) is 3.67. The highest BCUT2D eigenvalue weighted by molar-refractivity contribution is 5.24. The van der Waals surface area contributed by atoms with Gasteiger partial charge in [0.05, 0.1) is 18.4 Å². The fraction of sp³-hybridized carbons (Fsp3) is 0.636. The first kappa shape index (κ1) is 9.74. The molecule has 0 fully saturated rings. The van der Waals surface area contributed by atoms with Crippen molar-refractivity contribution in [1.29, 1.82) is 0 Å². The average molecular weight is 195 g/mol. The maximum atomic E-state index is 5.51. The first-order valence-corrected chi connectivity index (χ1v) is 5.19. The lowest BCUT2D eigenvalue weighted by Crippen LogP contribution is -2.37. The quantitative estimate of drug-likeness (QED) is 0.799. The first-order chi connectivity index (χ1) is 6.86. The Morgan fingerprint density at radius 3 is 3.29 bits per heavy atom. The van der Waals surface area contributed by atoms with E-state index in [9.17, 15) is 0 Å². The van der Waals surface area contributed by atoms with E-state index >= 15 is 0 Å². The lowest BCUT2D eigenvalue weighted by molar-refractivity contribution is 0.0554. The normalized spacial score (nSPS) is 23.1. The maximum Gasteiger partial charge on any atom is 0.126 e. The SMILES string of the molecule is CCC(OC)C1NCCc2ccoc21. The summed E-state index contributed by atoms with van der Waals surface area (Å²) in [5.41, 5.74) is 1.32. The van der Waals surface area contributed by atoms with Gasteiger partial charge >= 0.3 is 0 Å². The number of methoxy groups -OCH3 is 1. The molecule has 0 radical (unpaired) electrons. The lowest BCUT2D eigenvalue weighted by atomic mass is 9.97. The van der Waals surface area contributed by atoms with Gasteiger partial charge in [-0.2, -0.15) is 0 Å². The van der Waals surface area contributed by atoms with Crippen LogP contribution < -0.4 is 5.32 Å². The van der Waals surface area contributed by atoms with Gasteiger partial charge in [0.1, 0.15) is 5.76 Å². The Morgan fingerprint density at radius 1 is 1.71 bits per heavy atom. The topological polar surface area (TPSA) is 34.4 Å². The van der Waals surface area contributed by atoms with Gasteiger partial charge in [0.25, 0.3) is 0 Å². The molecule has 2 heterocycles. The van der Waals surface area contributed by atoms with Crippen LogP contribution in [0.3, 0.4) is 0 Å². The minimum absolute atomic E-state index is 0.209. The zero-order valence-corrected chi connectivity index (χ0v) is 8.75. The fourth-order valence-corrected chi connectivity index (χ4v) is 2.12. The molecule has 2 rings (SSSR count). The number of fused-ring (bicyclic) bond motifs is 1. The van der Waals surface area contributed by atoms with Gasteiger partial charge in [-0.1, -0.05) is 6.92 Å². The van der Waals surface area contributed by atoms with Crippen LogP contribution in [0.4, 0.5) is 0 Å². The molecule has 0 bridgehead atoms. The van der Waals surface area contributed by atoms with E-state index in [0.717, 1.165) is 25.1 Å². The van der Waals surface area contributed by atoms with E-state index in [4.69, 9.17) is 9.15 Å². The van der Waals surface area contributed by atoms with E-state index in [-0.39, 0.29) is 12.1 Å². The average Bonchev–Trinajstić information content (AvgIpc) is 2.68. The summed E-state index contributed by atoms with van der Waals surface area (Å²) in [6, 6.07) is 2.29. The van der Waals surface area contributed by atoms with E-state index in [2.05, 4.69) is 18.3 Å². The van der Waals surface area contributed by atoms with Crippen LogP contribution in [0.1, 0.15) is 30.7 Å². The number of rotatable bonds is 3. The molecule has 78 valence electrons. The van der Waals surface area contributed by atoms with Crippen LogP contribution in [-0.4, -0.2) is 19.8 Å². The molecule has 1 aliphatic rings. The van der Waals surface area contributed by atoms with E-state index < -0.39 is 0 Å². The Hall–Kier alpha value is -0.800. The zero-order valence-electron chi connectivity index (χ0n) is 8.75. The van der Waals surface area contributed by atoms with Crippen molar-refractivity contribution in [2.75, 3.05) is 13.7 Å². The third-order valence-electron chi connectivity index (χ3n) is 2.90. The van der Waals surface area contributed by atoms with Gasteiger partial charge in [-0.15, -0.1) is 0 Å². The van der Waals surface area contributed by atoms with Crippen molar-refractivity contribution in [3.8, 4) is 0 Å². The van der Waals surface area contributed by atoms with Crippen molar-refractivity contribution in [1.82, 2.24) is 5.32 Å². The molecule has 0 saturated carbocycles. The van der Waals surface area contributed by atoms with Gasteiger partial charge in [0.2, 0.25) is 0 Å². The molecule has 1 aromatic heterocycles. The standard InChI is InChI=1S/C11H17NO2/c1-3-9(13-2)10-11-8(4-6-12-10)5-7-14-11/h5,7,9-10,12H,3-4,6H2,1-2H3. The van der Waals surface area contributed by atoms with Crippen molar-refractivity contribution in [2.24, 2.45) is 0 Å². The largest absolute Gasteiger partial charge is 0.467 e. The molecule has 2 atom stereocenters. The number of nitrogens with one attached hydrogen (secondary N) is 1. The van der Waals surface area contributed by atoms with E-state index in [1.165, 1.54) is 5.56 Å². The zero-order chi connectivity index (χ0) is 9.97. The molecule has 14 heavy (non-hydrogen) atoms. The summed E-state index contributed by atoms with van der Waals surface area (Å²) in [5, 5.41) is 3.44. The molecule has 1 aliphatic heterocycles. The Balaban J connectivity index is 2.22. The Bertz CT molecular complexity index is 291. The summed E-state index contributed by atoms with van der Waals surface area (Å²) in [5.74, 6) is 1.06. The molecule has 3 nitrogen and oxygen atoms in total. The molecule has 2 unspecified atom stereocenters. The van der Waals surface area contributed by atoms with Crippen LogP contribution >= 0.6 is 0 Å². The summed E-state index contributed by atoms with van der Waals surface area (Å²) in [6.07, 6.45) is 4.03. The van der Waals surface area contributed by atoms with Crippen LogP contribution in [0.5, 0.6) is 0 Å². The second kappa shape index (κ2) is 4.15. The second-order valence-corrected chi connectivity index (χ2v) is 3.67. The summed E-state index contributed by atoms with van der Waals surface area (Å²) in [6.45, 7) is 3.14. The van der Waals surface area contributed by atoms with Gasteiger partial charge in [-0.25, -0.2) is 0 Å². The minimum atomic E-state index is 0.209. The van der Waals surface area contributed by atoms with Gasteiger partial charge in [0, 0.05) is 13.7 Å². The van der Waals surface area contributed by atoms with Crippen molar-refractivity contribution in [3.63, 3.8) is 0 Å². The fourth-order valence-electron chi connectivity index (χ4n) is 2.12. The molecule has 0 aromatic carbocycles. The molecule has 1 aromatic rings. The third kappa shape index (κ3) is 1.57. The van der Waals surface area contributed by atoms with Crippen molar-refractivity contribution < 1.29 is 9.15 Å². The predicted octanol–water partition coefficient (Wildman–Crippen LogP) is 1.89. The van der Waals surface area contributed by atoms with Gasteiger partial charge in [-0.05, 0) is 24.5 Å². The molecule has 0 saturated heterocycles. The smallest absolute Gasteiger partial charge is 0.126 e. The Morgan fingerprint density at radius 2 is 2.57 bits per heavy atom. The van der Waals surface area contributed by atoms with Crippen LogP contribution in [0, 0.1) is 0 Å². The molecule has 0 spiro atoms. The van der Waals surface area contributed by atoms with E-state index in [0.29, 0.717) is 0 Å². The maximum absolute atomic E-state index is 5.51. The Labute approximate surface area is 84.4 Å². The number of hydrogen-bond acceptors (Lipinski definition) is 3. The molecule has 0 amide bonds. The molecule has 0 aliphatic carbocycles. The van der Waals surface area contributed by atoms with Crippen LogP contribution in [0.2, 0.25) is 0 Å². The van der Waals surface area contributed by atoms with Gasteiger partial charge in [-0.3, -0.25) is 0 Å². The molecular weight excluding hydrogens is 178 g/mol. The van der Waals surface area contributed by atoms with Crippen LogP contribution in [-0.2, 0) is 11.2 Å². The van der Waals surface area contributed by atoms with Gasteiger partial charge < -0.3 is 14.5 Å². The number of ether oxygens (including phenoxy) is 1. The summed E-state index contributed by atoms with van der Waals surface area (Å²) in [4.78, 5) is 0. The minimum Gasteiger partial charge on any atom is -0.467 e. The Kier molecular flexibility index (Phi) is 2.89. The van der Waals surface area contributed by atoms with Crippen molar-refractivity contribution >= 4 is 0 Å². The van der Waals surface area contributed by atoms with E-state index in [1.807, 2.05) is 0 Å². The highest BCUT2D eigenvalue weighted by Crippen LogP contribution is 2.28. The van der Waals surface area contributed by atoms with E-state index in [1.54, 1.807) is 13.4 Å². The lowest BCUT2D eigenvalue weighted by Gasteiger charge is -2.28. The third-order valence-corrected chi connectivity index (χ3v) is 2.90. The van der Waals surface area contributed by atoms with Crippen molar-refractivity contribution in [2.45, 2.75) is 31.9 Å². The van der Waals surface area contributed by atoms with Gasteiger partial charge in [0.15, 0.2) is 0 Å². The highest BCUT2D eigenvalue weighted by atomic mass is 16.5. The van der Waals surface area contributed by atoms with Crippen LogP contribution in [0.25, 0.3) is 0 Å².